The highest BCUT2D eigenvalue weighted by atomic mass is 16.7. The van der Waals surface area contributed by atoms with Gasteiger partial charge in [0.05, 0.1) is 11.7 Å². The summed E-state index contributed by atoms with van der Waals surface area (Å²) in [5, 5.41) is 36.0. The van der Waals surface area contributed by atoms with Crippen molar-refractivity contribution in [3.8, 4) is 5.75 Å². The molecular formula is C24H29NO5. The highest BCUT2D eigenvalue weighted by Crippen LogP contribution is 2.59. The van der Waals surface area contributed by atoms with Crippen LogP contribution in [-0.4, -0.2) is 33.8 Å². The van der Waals surface area contributed by atoms with Gasteiger partial charge in [0.2, 0.25) is 11.4 Å². The molecule has 6 heteroatoms. The topological polar surface area (TPSA) is 99.0 Å². The Morgan fingerprint density at radius 3 is 2.57 bits per heavy atom. The fraction of sp³-hybridized carbons (Fsp3) is 0.458. The summed E-state index contributed by atoms with van der Waals surface area (Å²) in [6.07, 6.45) is 1.75. The van der Waals surface area contributed by atoms with Crippen LogP contribution in [-0.2, 0) is 11.4 Å². The average molecular weight is 411 g/mol. The summed E-state index contributed by atoms with van der Waals surface area (Å²) in [4.78, 5) is 13.4. The molecule has 0 aromatic heterocycles. The van der Waals surface area contributed by atoms with Gasteiger partial charge in [0, 0.05) is 23.4 Å². The Balaban J connectivity index is 1.69. The van der Waals surface area contributed by atoms with Gasteiger partial charge in [-0.2, -0.15) is 0 Å². The fourth-order valence-electron chi connectivity index (χ4n) is 4.48. The first kappa shape index (κ1) is 20.8. The number of aliphatic hydroxyl groups is 3. The molecule has 1 aliphatic heterocycles. The highest BCUT2D eigenvalue weighted by Gasteiger charge is 2.70. The van der Waals surface area contributed by atoms with Crippen molar-refractivity contribution in [2.24, 2.45) is 0 Å². The zero-order valence-corrected chi connectivity index (χ0v) is 17.6. The van der Waals surface area contributed by atoms with Crippen molar-refractivity contribution in [2.45, 2.75) is 63.4 Å². The lowest BCUT2D eigenvalue weighted by Gasteiger charge is -2.28. The van der Waals surface area contributed by atoms with Gasteiger partial charge in [-0.25, -0.2) is 0 Å². The summed E-state index contributed by atoms with van der Waals surface area (Å²) in [5.41, 5.74) is 0.0677. The van der Waals surface area contributed by atoms with Gasteiger partial charge in [0.25, 0.3) is 5.79 Å². The van der Waals surface area contributed by atoms with E-state index in [1.54, 1.807) is 30.3 Å². The number of fused-ring (bicyclic) bond motifs is 5. The number of benzene rings is 2. The number of rotatable bonds is 7. The summed E-state index contributed by atoms with van der Waals surface area (Å²) >= 11 is 0. The Hall–Kier alpha value is -2.41. The Labute approximate surface area is 176 Å². The number of ether oxygens (including phenoxy) is 1. The van der Waals surface area contributed by atoms with Crippen LogP contribution in [0.4, 0.5) is 5.69 Å². The first-order valence-corrected chi connectivity index (χ1v) is 10.6. The number of carbonyl (C=O) groups is 1. The Morgan fingerprint density at radius 2 is 1.87 bits per heavy atom. The van der Waals surface area contributed by atoms with Crippen LogP contribution in [0.15, 0.2) is 36.4 Å². The van der Waals surface area contributed by atoms with Crippen molar-refractivity contribution in [1.82, 2.24) is 0 Å². The maximum Gasteiger partial charge on any atom is 0.276 e. The van der Waals surface area contributed by atoms with Crippen molar-refractivity contribution in [1.29, 1.82) is 0 Å². The number of aliphatic hydroxyl groups excluding tert-OH is 1. The number of hydrogen-bond acceptors (Lipinski definition) is 6. The third-order valence-electron chi connectivity index (χ3n) is 6.21. The van der Waals surface area contributed by atoms with Crippen molar-refractivity contribution in [2.75, 3.05) is 11.9 Å². The molecular weight excluding hydrogens is 382 g/mol. The SMILES string of the molecule is CCCC(O)CCNc1cccc2c1C(=O)C1(O)c3ccc(C(C)C)cc3OC21O. The average Bonchev–Trinajstić information content (AvgIpc) is 3.04. The summed E-state index contributed by atoms with van der Waals surface area (Å²) in [6, 6.07) is 10.4. The van der Waals surface area contributed by atoms with Crippen molar-refractivity contribution in [3.63, 3.8) is 0 Å². The molecule has 160 valence electrons. The van der Waals surface area contributed by atoms with Gasteiger partial charge < -0.3 is 25.4 Å². The minimum absolute atomic E-state index is 0.228. The van der Waals surface area contributed by atoms with E-state index in [9.17, 15) is 20.1 Å². The smallest absolute Gasteiger partial charge is 0.276 e. The molecule has 0 bridgehead atoms. The predicted octanol–water partition coefficient (Wildman–Crippen LogP) is 3.39. The molecule has 4 rings (SSSR count). The maximum atomic E-state index is 13.4. The van der Waals surface area contributed by atoms with Gasteiger partial charge in [0.1, 0.15) is 5.75 Å². The molecule has 0 fully saturated rings. The van der Waals surface area contributed by atoms with Gasteiger partial charge in [-0.05, 0) is 36.5 Å². The molecule has 4 N–H and O–H groups in total. The van der Waals surface area contributed by atoms with E-state index in [-0.39, 0.29) is 22.6 Å². The maximum absolute atomic E-state index is 13.4. The normalized spacial score (nSPS) is 25.0. The predicted molar refractivity (Wildman–Crippen MR) is 114 cm³/mol. The summed E-state index contributed by atoms with van der Waals surface area (Å²) in [7, 11) is 0. The van der Waals surface area contributed by atoms with Crippen LogP contribution >= 0.6 is 0 Å². The first-order valence-electron chi connectivity index (χ1n) is 10.6. The second-order valence-corrected chi connectivity index (χ2v) is 8.58. The molecule has 2 aromatic rings. The van der Waals surface area contributed by atoms with E-state index in [0.29, 0.717) is 24.4 Å². The number of anilines is 1. The standard InChI is InChI=1S/C24H29NO5/c1-4-6-16(26)11-12-25-19-8-5-7-18-21(19)22(27)23(28)17-10-9-15(14(2)3)13-20(17)30-24(18,23)29/h5,7-10,13-14,16,25-26,28-29H,4,6,11-12H2,1-3H3. The largest absolute Gasteiger partial charge is 0.454 e. The number of carbonyl (C=O) groups excluding carboxylic acids is 1. The zero-order chi connectivity index (χ0) is 21.7. The van der Waals surface area contributed by atoms with Gasteiger partial charge in [-0.3, -0.25) is 4.79 Å². The zero-order valence-electron chi connectivity index (χ0n) is 17.6. The molecule has 0 saturated carbocycles. The molecule has 0 spiro atoms. The van der Waals surface area contributed by atoms with E-state index in [2.05, 4.69) is 5.32 Å². The molecule has 0 radical (unpaired) electrons. The number of Topliss-reactive ketones (excluding diaryl/α,β-unsaturated/α-hetero) is 1. The fourth-order valence-corrected chi connectivity index (χ4v) is 4.48. The van der Waals surface area contributed by atoms with E-state index in [1.165, 1.54) is 0 Å². The van der Waals surface area contributed by atoms with E-state index in [1.807, 2.05) is 26.8 Å². The molecule has 2 aromatic carbocycles. The van der Waals surface area contributed by atoms with E-state index < -0.39 is 23.3 Å². The summed E-state index contributed by atoms with van der Waals surface area (Å²) < 4.78 is 5.86. The van der Waals surface area contributed by atoms with Gasteiger partial charge in [-0.1, -0.05) is 51.5 Å². The van der Waals surface area contributed by atoms with E-state index >= 15 is 0 Å². The van der Waals surface area contributed by atoms with Crippen molar-refractivity contribution < 1.29 is 24.9 Å². The minimum atomic E-state index is -2.19. The van der Waals surface area contributed by atoms with Gasteiger partial charge in [0.15, 0.2) is 0 Å². The lowest BCUT2D eigenvalue weighted by atomic mass is 9.86. The van der Waals surface area contributed by atoms with Crippen molar-refractivity contribution >= 4 is 11.5 Å². The Bertz CT molecular complexity index is 988. The molecule has 2 aliphatic rings. The van der Waals surface area contributed by atoms with Crippen LogP contribution in [0.3, 0.4) is 0 Å². The van der Waals surface area contributed by atoms with Gasteiger partial charge in [-0.15, -0.1) is 0 Å². The third kappa shape index (κ3) is 2.86. The van der Waals surface area contributed by atoms with Crippen molar-refractivity contribution in [3.05, 3.63) is 58.7 Å². The number of ketones is 1. The minimum Gasteiger partial charge on any atom is -0.454 e. The molecule has 0 saturated heterocycles. The molecule has 0 amide bonds. The summed E-state index contributed by atoms with van der Waals surface area (Å²) in [5.74, 6) is -2.19. The molecule has 3 unspecified atom stereocenters. The van der Waals surface area contributed by atoms with E-state index in [0.717, 1.165) is 18.4 Å². The molecule has 6 nitrogen and oxygen atoms in total. The summed E-state index contributed by atoms with van der Waals surface area (Å²) in [6.45, 7) is 6.56. The van der Waals surface area contributed by atoms with Crippen LogP contribution in [0.2, 0.25) is 0 Å². The molecule has 30 heavy (non-hydrogen) atoms. The molecule has 1 aliphatic carbocycles. The van der Waals surface area contributed by atoms with E-state index in [4.69, 9.17) is 4.74 Å². The van der Waals surface area contributed by atoms with Gasteiger partial charge >= 0.3 is 0 Å². The van der Waals surface area contributed by atoms with Crippen LogP contribution in [0, 0.1) is 0 Å². The number of nitrogens with one attached hydrogen (secondary N) is 1. The Morgan fingerprint density at radius 1 is 1.10 bits per heavy atom. The highest BCUT2D eigenvalue weighted by molar-refractivity contribution is 6.13. The molecule has 1 heterocycles. The lowest BCUT2D eigenvalue weighted by Crippen LogP contribution is -2.48. The van der Waals surface area contributed by atoms with Crippen LogP contribution in [0.1, 0.15) is 73.0 Å². The lowest BCUT2D eigenvalue weighted by molar-refractivity contribution is -0.224. The third-order valence-corrected chi connectivity index (χ3v) is 6.21. The van der Waals surface area contributed by atoms with Crippen LogP contribution in [0.25, 0.3) is 0 Å². The monoisotopic (exact) mass is 411 g/mol. The first-order chi connectivity index (χ1) is 14.2. The second-order valence-electron chi connectivity index (χ2n) is 8.58. The van der Waals surface area contributed by atoms with Crippen LogP contribution < -0.4 is 10.1 Å². The van der Waals surface area contributed by atoms with Crippen LogP contribution in [0.5, 0.6) is 5.75 Å². The quantitative estimate of drug-likeness (QED) is 0.557. The second kappa shape index (κ2) is 7.38. The molecule has 3 atom stereocenters. The Kier molecular flexibility index (Phi) is 5.12. The number of hydrogen-bond donors (Lipinski definition) is 4.